The van der Waals surface area contributed by atoms with Gasteiger partial charge in [-0.2, -0.15) is 5.26 Å². The van der Waals surface area contributed by atoms with E-state index in [0.717, 1.165) is 37.9 Å². The van der Waals surface area contributed by atoms with E-state index in [0.29, 0.717) is 17.2 Å². The summed E-state index contributed by atoms with van der Waals surface area (Å²) in [6.45, 7) is 1.97. The van der Waals surface area contributed by atoms with Gasteiger partial charge >= 0.3 is 0 Å². The third-order valence-electron chi connectivity index (χ3n) is 3.54. The maximum absolute atomic E-state index is 10.8. The molecule has 0 spiro atoms. The van der Waals surface area contributed by atoms with E-state index < -0.39 is 0 Å². The summed E-state index contributed by atoms with van der Waals surface area (Å²) in [5, 5.41) is 9.26. The first-order valence-corrected chi connectivity index (χ1v) is 6.56. The summed E-state index contributed by atoms with van der Waals surface area (Å²) in [7, 11) is 4.13. The number of rotatable bonds is 4. The Morgan fingerprint density at radius 3 is 2.95 bits per heavy atom. The number of hydrogen-bond acceptors (Lipinski definition) is 4. The number of likely N-dealkylation sites (N-methyl/N-ethyl adjacent to an activating group) is 1. The normalized spacial score (nSPS) is 18.6. The first kappa shape index (κ1) is 13.6. The number of anilines is 1. The Kier molecular flexibility index (Phi) is 4.18. The molecule has 1 unspecified atom stereocenters. The van der Waals surface area contributed by atoms with Crippen LogP contribution in [-0.4, -0.2) is 44.4 Å². The lowest BCUT2D eigenvalue weighted by molar-refractivity contribution is 0.112. The molecule has 1 atom stereocenters. The third-order valence-corrected chi connectivity index (χ3v) is 3.54. The summed E-state index contributed by atoms with van der Waals surface area (Å²) in [5.74, 6) is 0. The van der Waals surface area contributed by atoms with Crippen molar-refractivity contribution in [2.45, 2.75) is 18.9 Å². The average molecular weight is 257 g/mol. The van der Waals surface area contributed by atoms with Crippen LogP contribution in [0.15, 0.2) is 18.2 Å². The molecule has 0 aromatic heterocycles. The fourth-order valence-electron chi connectivity index (χ4n) is 2.73. The Bertz CT molecular complexity index is 505. The minimum absolute atomic E-state index is 0.448. The summed E-state index contributed by atoms with van der Waals surface area (Å²) in [5.41, 5.74) is 2.11. The average Bonchev–Trinajstić information content (AvgIpc) is 2.85. The van der Waals surface area contributed by atoms with Crippen molar-refractivity contribution in [2.75, 3.05) is 32.1 Å². The van der Waals surface area contributed by atoms with Gasteiger partial charge in [0.25, 0.3) is 0 Å². The van der Waals surface area contributed by atoms with Crippen LogP contribution in [0.1, 0.15) is 28.8 Å². The number of carbonyl (C=O) groups excluding carboxylic acids is 1. The van der Waals surface area contributed by atoms with Crippen LogP contribution in [0.2, 0.25) is 0 Å². The molecule has 4 heteroatoms. The topological polar surface area (TPSA) is 47.3 Å². The quantitative estimate of drug-likeness (QED) is 0.773. The van der Waals surface area contributed by atoms with Crippen LogP contribution in [-0.2, 0) is 0 Å². The molecule has 4 nitrogen and oxygen atoms in total. The van der Waals surface area contributed by atoms with Crippen molar-refractivity contribution in [3.63, 3.8) is 0 Å². The summed E-state index contributed by atoms with van der Waals surface area (Å²) < 4.78 is 0. The van der Waals surface area contributed by atoms with Gasteiger partial charge < -0.3 is 9.80 Å². The van der Waals surface area contributed by atoms with Gasteiger partial charge in [0, 0.05) is 24.7 Å². The monoisotopic (exact) mass is 257 g/mol. The Hall–Kier alpha value is -1.86. The maximum Gasteiger partial charge on any atom is 0.150 e. The summed E-state index contributed by atoms with van der Waals surface area (Å²) in [6, 6.07) is 8.01. The van der Waals surface area contributed by atoms with Crippen molar-refractivity contribution in [1.29, 1.82) is 5.26 Å². The molecule has 1 aliphatic rings. The molecule has 0 amide bonds. The van der Waals surface area contributed by atoms with Crippen LogP contribution >= 0.6 is 0 Å². The van der Waals surface area contributed by atoms with E-state index in [1.54, 1.807) is 12.1 Å². The lowest BCUT2D eigenvalue weighted by Crippen LogP contribution is -2.37. The van der Waals surface area contributed by atoms with Crippen LogP contribution in [0.4, 0.5) is 5.69 Å². The SMILES string of the molecule is CN(C)CC1CCCN1c1ccc(C=O)cc1C#N. The van der Waals surface area contributed by atoms with E-state index in [1.165, 1.54) is 0 Å². The van der Waals surface area contributed by atoms with Crippen molar-refractivity contribution >= 4 is 12.0 Å². The number of aldehydes is 1. The van der Waals surface area contributed by atoms with Crippen LogP contribution in [0.25, 0.3) is 0 Å². The van der Waals surface area contributed by atoms with E-state index >= 15 is 0 Å². The molecular weight excluding hydrogens is 238 g/mol. The molecule has 2 rings (SSSR count). The number of carbonyl (C=O) groups is 1. The number of hydrogen-bond donors (Lipinski definition) is 0. The third kappa shape index (κ3) is 2.94. The second-order valence-corrected chi connectivity index (χ2v) is 5.26. The van der Waals surface area contributed by atoms with Crippen molar-refractivity contribution in [1.82, 2.24) is 4.90 Å². The van der Waals surface area contributed by atoms with Crippen LogP contribution in [0.5, 0.6) is 0 Å². The molecule has 19 heavy (non-hydrogen) atoms. The molecule has 1 aromatic carbocycles. The van der Waals surface area contributed by atoms with Crippen LogP contribution in [0, 0.1) is 11.3 Å². The zero-order valence-corrected chi connectivity index (χ0v) is 11.5. The molecule has 1 saturated heterocycles. The van der Waals surface area contributed by atoms with Gasteiger partial charge in [-0.15, -0.1) is 0 Å². The highest BCUT2D eigenvalue weighted by Gasteiger charge is 2.26. The van der Waals surface area contributed by atoms with Gasteiger partial charge in [0.15, 0.2) is 0 Å². The van der Waals surface area contributed by atoms with E-state index in [-0.39, 0.29) is 0 Å². The van der Waals surface area contributed by atoms with E-state index in [1.807, 2.05) is 6.07 Å². The van der Waals surface area contributed by atoms with Crippen LogP contribution in [0.3, 0.4) is 0 Å². The van der Waals surface area contributed by atoms with Gasteiger partial charge in [-0.25, -0.2) is 0 Å². The zero-order chi connectivity index (χ0) is 13.8. The van der Waals surface area contributed by atoms with E-state index in [9.17, 15) is 10.1 Å². The van der Waals surface area contributed by atoms with Gasteiger partial charge in [-0.05, 0) is 45.1 Å². The van der Waals surface area contributed by atoms with Crippen molar-refractivity contribution in [3.05, 3.63) is 29.3 Å². The number of nitriles is 1. The smallest absolute Gasteiger partial charge is 0.150 e. The molecule has 0 bridgehead atoms. The second kappa shape index (κ2) is 5.85. The highest BCUT2D eigenvalue weighted by Crippen LogP contribution is 2.29. The molecule has 1 heterocycles. The fraction of sp³-hybridized carbons (Fsp3) is 0.467. The molecular formula is C15H19N3O. The molecule has 100 valence electrons. The summed E-state index contributed by atoms with van der Waals surface area (Å²) in [6.07, 6.45) is 3.09. The fourth-order valence-corrected chi connectivity index (χ4v) is 2.73. The van der Waals surface area contributed by atoms with E-state index in [4.69, 9.17) is 0 Å². The van der Waals surface area contributed by atoms with Crippen LogP contribution < -0.4 is 4.90 Å². The van der Waals surface area contributed by atoms with Gasteiger partial charge in [0.05, 0.1) is 11.3 Å². The highest BCUT2D eigenvalue weighted by atomic mass is 16.1. The number of nitrogens with zero attached hydrogens (tertiary/aromatic N) is 3. The molecule has 1 fully saturated rings. The summed E-state index contributed by atoms with van der Waals surface area (Å²) >= 11 is 0. The molecule has 1 aliphatic heterocycles. The van der Waals surface area contributed by atoms with E-state index in [2.05, 4.69) is 30.0 Å². The maximum atomic E-state index is 10.8. The molecule has 0 aliphatic carbocycles. The molecule has 0 N–H and O–H groups in total. The van der Waals surface area contributed by atoms with Crippen molar-refractivity contribution in [2.24, 2.45) is 0 Å². The highest BCUT2D eigenvalue weighted by molar-refractivity contribution is 5.78. The standard InChI is InChI=1S/C15H19N3O/c1-17(2)10-14-4-3-7-18(14)15-6-5-12(11-19)8-13(15)9-16/h5-6,8,11,14H,3-4,7,10H2,1-2H3. The Balaban J connectivity index is 2.30. The van der Waals surface area contributed by atoms with Gasteiger partial charge in [-0.3, -0.25) is 4.79 Å². The van der Waals surface area contributed by atoms with Gasteiger partial charge in [-0.1, -0.05) is 0 Å². The van der Waals surface area contributed by atoms with Gasteiger partial charge in [0.2, 0.25) is 0 Å². The zero-order valence-electron chi connectivity index (χ0n) is 11.5. The first-order chi connectivity index (χ1) is 9.15. The second-order valence-electron chi connectivity index (χ2n) is 5.26. The minimum atomic E-state index is 0.448. The molecule has 0 radical (unpaired) electrons. The Morgan fingerprint density at radius 2 is 2.32 bits per heavy atom. The van der Waals surface area contributed by atoms with Gasteiger partial charge in [0.1, 0.15) is 12.4 Å². The van der Waals surface area contributed by atoms with Crippen molar-refractivity contribution < 1.29 is 4.79 Å². The minimum Gasteiger partial charge on any atom is -0.366 e. The molecule has 0 saturated carbocycles. The predicted molar refractivity (Wildman–Crippen MR) is 75.5 cm³/mol. The predicted octanol–water partition coefficient (Wildman–Crippen LogP) is 1.90. The lowest BCUT2D eigenvalue weighted by atomic mass is 10.1. The van der Waals surface area contributed by atoms with Crippen molar-refractivity contribution in [3.8, 4) is 6.07 Å². The summed E-state index contributed by atoms with van der Waals surface area (Å²) in [4.78, 5) is 15.3. The lowest BCUT2D eigenvalue weighted by Gasteiger charge is -2.29. The first-order valence-electron chi connectivity index (χ1n) is 6.56. The largest absolute Gasteiger partial charge is 0.366 e. The number of benzene rings is 1. The molecule has 1 aromatic rings. The Labute approximate surface area is 114 Å². The Morgan fingerprint density at radius 1 is 1.53 bits per heavy atom.